The molecule has 1 atom stereocenters. The van der Waals surface area contributed by atoms with E-state index in [-0.39, 0.29) is 21.2 Å². The Morgan fingerprint density at radius 2 is 2.22 bits per heavy atom. The van der Waals surface area contributed by atoms with Crippen molar-refractivity contribution in [2.24, 2.45) is 0 Å². The second-order valence-corrected chi connectivity index (χ2v) is 6.47. The fraction of sp³-hybridized carbons (Fsp3) is 0.444. The molecule has 1 unspecified atom stereocenters. The van der Waals surface area contributed by atoms with Crippen LogP contribution in [0.2, 0.25) is 0 Å². The van der Waals surface area contributed by atoms with Crippen molar-refractivity contribution in [3.05, 3.63) is 16.2 Å². The van der Waals surface area contributed by atoms with Crippen molar-refractivity contribution >= 4 is 32.9 Å². The Hall–Kier alpha value is -1.06. The molecule has 18 heavy (non-hydrogen) atoms. The van der Waals surface area contributed by atoms with Gasteiger partial charge in [0.05, 0.1) is 0 Å². The van der Waals surface area contributed by atoms with Gasteiger partial charge in [-0.15, -0.1) is 0 Å². The van der Waals surface area contributed by atoms with Crippen LogP contribution in [0.15, 0.2) is 9.13 Å². The molecule has 0 spiro atoms. The predicted octanol–water partition coefficient (Wildman–Crippen LogP) is 1.09. The largest absolute Gasteiger partial charge is 0.610 e. The molecular formula is C9H7F2N3O2S2. The molecule has 1 aliphatic heterocycles. The summed E-state index contributed by atoms with van der Waals surface area (Å²) in [6.45, 7) is -0.0633. The Labute approximate surface area is 107 Å². The molecule has 0 saturated carbocycles. The monoisotopic (exact) mass is 291 g/mol. The first kappa shape index (κ1) is 12.0. The highest BCUT2D eigenvalue weighted by molar-refractivity contribution is 7.92. The normalized spacial score (nSPS) is 19.1. The summed E-state index contributed by atoms with van der Waals surface area (Å²) in [5, 5.41) is 0. The summed E-state index contributed by atoms with van der Waals surface area (Å²) in [7, 11) is 0. The number of hydrogen-bond acceptors (Lipinski definition) is 5. The van der Waals surface area contributed by atoms with Gasteiger partial charge in [0.25, 0.3) is 5.56 Å². The standard InChI is InChI=1S/C9H7F2N3O2S2/c1-18(16)8-12-4-5(17-8)13-7-9(10,11)2-3-14(7)6(4)15/h2-3H2,1H3. The number of nitrogens with zero attached hydrogens (tertiary/aromatic N) is 3. The third kappa shape index (κ3) is 1.57. The Kier molecular flexibility index (Phi) is 2.48. The molecule has 0 saturated heterocycles. The number of rotatable bonds is 1. The summed E-state index contributed by atoms with van der Waals surface area (Å²) in [6, 6.07) is 0. The van der Waals surface area contributed by atoms with Gasteiger partial charge in [0.2, 0.25) is 0 Å². The van der Waals surface area contributed by atoms with Crippen LogP contribution in [0.4, 0.5) is 8.78 Å². The van der Waals surface area contributed by atoms with Gasteiger partial charge in [-0.2, -0.15) is 13.8 Å². The van der Waals surface area contributed by atoms with Gasteiger partial charge in [-0.3, -0.25) is 9.36 Å². The van der Waals surface area contributed by atoms with Gasteiger partial charge in [0.15, 0.2) is 16.2 Å². The van der Waals surface area contributed by atoms with Crippen LogP contribution in [0.5, 0.6) is 0 Å². The highest BCUT2D eigenvalue weighted by atomic mass is 32.2. The number of aromatic nitrogens is 3. The topological polar surface area (TPSA) is 70.8 Å². The third-order valence-electron chi connectivity index (χ3n) is 2.72. The summed E-state index contributed by atoms with van der Waals surface area (Å²) in [4.78, 5) is 19.8. The van der Waals surface area contributed by atoms with Crippen LogP contribution in [-0.2, 0) is 23.6 Å². The number of hydrogen-bond donors (Lipinski definition) is 0. The zero-order valence-electron chi connectivity index (χ0n) is 9.14. The maximum atomic E-state index is 13.5. The van der Waals surface area contributed by atoms with Gasteiger partial charge in [-0.1, -0.05) is 0 Å². The van der Waals surface area contributed by atoms with E-state index in [9.17, 15) is 18.1 Å². The first-order valence-electron chi connectivity index (χ1n) is 5.03. The van der Waals surface area contributed by atoms with Crippen LogP contribution >= 0.6 is 11.3 Å². The van der Waals surface area contributed by atoms with Gasteiger partial charge < -0.3 is 4.55 Å². The second kappa shape index (κ2) is 3.72. The molecule has 9 heteroatoms. The molecule has 0 radical (unpaired) electrons. The average molecular weight is 291 g/mol. The van der Waals surface area contributed by atoms with Crippen molar-refractivity contribution in [2.75, 3.05) is 6.26 Å². The van der Waals surface area contributed by atoms with E-state index in [0.29, 0.717) is 0 Å². The molecule has 0 aliphatic carbocycles. The second-order valence-electron chi connectivity index (χ2n) is 3.93. The van der Waals surface area contributed by atoms with Gasteiger partial charge >= 0.3 is 10.3 Å². The van der Waals surface area contributed by atoms with E-state index >= 15 is 0 Å². The lowest BCUT2D eigenvalue weighted by atomic mass is 10.3. The molecule has 0 fully saturated rings. The minimum Gasteiger partial charge on any atom is -0.610 e. The first-order valence-corrected chi connectivity index (χ1v) is 7.41. The lowest BCUT2D eigenvalue weighted by Crippen LogP contribution is -2.23. The van der Waals surface area contributed by atoms with Crippen molar-refractivity contribution in [3.63, 3.8) is 0 Å². The molecule has 0 amide bonds. The molecule has 0 N–H and O–H groups in total. The quantitative estimate of drug-likeness (QED) is 0.737. The molecule has 96 valence electrons. The summed E-state index contributed by atoms with van der Waals surface area (Å²) in [5.41, 5.74) is -0.563. The van der Waals surface area contributed by atoms with E-state index < -0.39 is 34.9 Å². The molecule has 2 aromatic heterocycles. The molecule has 5 nitrogen and oxygen atoms in total. The number of fused-ring (bicyclic) bond motifs is 2. The highest BCUT2D eigenvalue weighted by Gasteiger charge is 2.43. The van der Waals surface area contributed by atoms with Crippen LogP contribution < -0.4 is 5.56 Å². The minimum absolute atomic E-state index is 0.0200. The molecular weight excluding hydrogens is 284 g/mol. The number of alkyl halides is 2. The Morgan fingerprint density at radius 3 is 2.89 bits per heavy atom. The lowest BCUT2D eigenvalue weighted by Gasteiger charge is -2.07. The third-order valence-corrected chi connectivity index (χ3v) is 5.00. The first-order chi connectivity index (χ1) is 8.40. The molecule has 1 aliphatic rings. The van der Waals surface area contributed by atoms with Gasteiger partial charge in [0, 0.05) is 24.1 Å². The summed E-state index contributed by atoms with van der Waals surface area (Å²) in [6.07, 6.45) is 0.997. The number of thiazole rings is 1. The van der Waals surface area contributed by atoms with E-state index in [2.05, 4.69) is 9.97 Å². The van der Waals surface area contributed by atoms with Crippen LogP contribution in [0.25, 0.3) is 10.3 Å². The zero-order chi connectivity index (χ0) is 13.1. The highest BCUT2D eigenvalue weighted by Crippen LogP contribution is 2.36. The minimum atomic E-state index is -3.08. The molecule has 3 heterocycles. The Balaban J connectivity index is 2.33. The molecule has 2 aromatic rings. The van der Waals surface area contributed by atoms with Gasteiger partial charge in [0.1, 0.15) is 6.26 Å². The van der Waals surface area contributed by atoms with Crippen molar-refractivity contribution in [2.45, 2.75) is 23.2 Å². The van der Waals surface area contributed by atoms with Crippen LogP contribution in [0.3, 0.4) is 0 Å². The van der Waals surface area contributed by atoms with Crippen molar-refractivity contribution in [3.8, 4) is 0 Å². The maximum Gasteiger partial charge on any atom is 0.306 e. The fourth-order valence-corrected chi connectivity index (χ4v) is 3.45. The average Bonchev–Trinajstić information content (AvgIpc) is 2.82. The fourth-order valence-electron chi connectivity index (χ4n) is 1.86. The molecule has 0 aromatic carbocycles. The van der Waals surface area contributed by atoms with Crippen LogP contribution in [-0.4, -0.2) is 25.3 Å². The van der Waals surface area contributed by atoms with E-state index in [4.69, 9.17) is 0 Å². The van der Waals surface area contributed by atoms with E-state index in [1.54, 1.807) is 0 Å². The Bertz CT molecular complexity index is 695. The summed E-state index contributed by atoms with van der Waals surface area (Å²) in [5.74, 6) is -3.60. The molecule has 0 bridgehead atoms. The lowest BCUT2D eigenvalue weighted by molar-refractivity contribution is -0.00625. The smallest absolute Gasteiger partial charge is 0.306 e. The van der Waals surface area contributed by atoms with Gasteiger partial charge in [-0.05, 0) is 11.3 Å². The van der Waals surface area contributed by atoms with Crippen molar-refractivity contribution in [1.29, 1.82) is 0 Å². The van der Waals surface area contributed by atoms with Crippen molar-refractivity contribution < 1.29 is 13.3 Å². The maximum absolute atomic E-state index is 13.5. The Morgan fingerprint density at radius 1 is 1.50 bits per heavy atom. The zero-order valence-corrected chi connectivity index (χ0v) is 10.8. The van der Waals surface area contributed by atoms with Crippen molar-refractivity contribution in [1.82, 2.24) is 14.5 Å². The molecule has 3 rings (SSSR count). The summed E-state index contributed by atoms with van der Waals surface area (Å²) < 4.78 is 39.5. The van der Waals surface area contributed by atoms with E-state index in [0.717, 1.165) is 15.9 Å². The van der Waals surface area contributed by atoms with Crippen LogP contribution in [0.1, 0.15) is 12.2 Å². The van der Waals surface area contributed by atoms with Crippen LogP contribution in [0, 0.1) is 0 Å². The van der Waals surface area contributed by atoms with E-state index in [1.165, 1.54) is 6.26 Å². The number of halogens is 2. The van der Waals surface area contributed by atoms with Gasteiger partial charge in [-0.25, -0.2) is 4.98 Å². The SMILES string of the molecule is C[S+]([O-])c1nc2c(=O)n3c(nc2s1)C(F)(F)CC3. The summed E-state index contributed by atoms with van der Waals surface area (Å²) >= 11 is -0.437. The predicted molar refractivity (Wildman–Crippen MR) is 62.5 cm³/mol. The van der Waals surface area contributed by atoms with E-state index in [1.807, 2.05) is 0 Å².